The van der Waals surface area contributed by atoms with E-state index in [1.54, 1.807) is 0 Å². The molecule has 0 amide bonds. The normalized spacial score (nSPS) is 17.3. The van der Waals surface area contributed by atoms with Crippen LogP contribution < -0.4 is 0 Å². The van der Waals surface area contributed by atoms with Gasteiger partial charge in [0.25, 0.3) is 0 Å². The van der Waals surface area contributed by atoms with E-state index in [1.807, 2.05) is 339 Å². The number of fused-ring (bicyclic) bond motifs is 8. The molecule has 1 aliphatic heterocycles. The van der Waals surface area contributed by atoms with Crippen LogP contribution in [0.5, 0.6) is 0 Å². The van der Waals surface area contributed by atoms with Gasteiger partial charge in [-0.05, 0) is 225 Å². The Bertz CT molecular complexity index is 4450. The Labute approximate surface area is 644 Å². The molecule has 4 aromatic heterocycles. The van der Waals surface area contributed by atoms with Gasteiger partial charge in [-0.15, -0.1) is 0 Å². The van der Waals surface area contributed by atoms with Crippen LogP contribution in [0.25, 0.3) is 22.3 Å². The average Bonchev–Trinajstić information content (AvgIpc) is 1.53. The predicted octanol–water partition coefficient (Wildman–Crippen LogP) is 21.1. The highest BCUT2D eigenvalue weighted by atomic mass is 16.6. The van der Waals surface area contributed by atoms with Crippen LogP contribution in [0.3, 0.4) is 0 Å². The summed E-state index contributed by atoms with van der Waals surface area (Å²) >= 11 is 0. The Hall–Kier alpha value is -8.91. The number of nitrogens with zero attached hydrogens (tertiary/aromatic N) is 3. The lowest BCUT2D eigenvalue weighted by molar-refractivity contribution is -0.156. The van der Waals surface area contributed by atoms with Crippen LogP contribution in [0.4, 0.5) is 0 Å². The SMILES string of the molecule is CC(C)(C)OC(=O)Cn1c2ccc1C(=C1C=C(C(C)(C)C)C(=O)C(C(C)(C)C)=C1)c1ccc(n1CC(=O)OC(C)(C)C)C(=C1C=C(C(C)(C)C)C(=O)C(C(C)(C)C)=C1)c1ccc(n1CC(=O)OC(C)(C)C)C(=C1C=C(C(C)(C)C)C(=O)C(C(C)(C)C)=C1)c1ccc([nH]1)C2=C1C=C(C(C)(C)C)C(=O)C(C(C)(C)C)=C1. The average molecular weight is 1470 g/mol. The van der Waals surface area contributed by atoms with Crippen molar-refractivity contribution in [1.82, 2.24) is 18.7 Å². The molecule has 14 heteroatoms. The van der Waals surface area contributed by atoms with Crippen molar-refractivity contribution in [3.63, 3.8) is 0 Å². The number of ether oxygens (including phenoxy) is 3. The lowest BCUT2D eigenvalue weighted by Gasteiger charge is -2.33. The summed E-state index contributed by atoms with van der Waals surface area (Å²) in [5.74, 6) is -2.09. The molecular formula is C94H122N4O10. The minimum Gasteiger partial charge on any atom is -0.459 e. The van der Waals surface area contributed by atoms with Crippen LogP contribution in [0.2, 0.25) is 0 Å². The zero-order valence-corrected chi connectivity index (χ0v) is 71.3. The Morgan fingerprint density at radius 2 is 0.417 bits per heavy atom. The number of ketones is 4. The van der Waals surface area contributed by atoms with Gasteiger partial charge in [-0.3, -0.25) is 33.6 Å². The van der Waals surface area contributed by atoms with E-state index >= 15 is 33.6 Å². The molecule has 0 atom stereocenters. The minimum atomic E-state index is -0.977. The lowest BCUT2D eigenvalue weighted by atomic mass is 9.71. The third-order valence-electron chi connectivity index (χ3n) is 19.8. The van der Waals surface area contributed by atoms with Gasteiger partial charge in [-0.1, -0.05) is 166 Å². The van der Waals surface area contributed by atoms with E-state index < -0.39 is 84.6 Å². The molecule has 0 aromatic carbocycles. The molecule has 0 unspecified atom stereocenters. The standard InChI is InChI=1S/C94H122N4O10/c1-84(2,3)57-42-53(43-58(80(57)102)85(4,5)6)76-65-34-35-66(95-65)77(54-44-59(86(7,8)9)81(103)60(45-54)87(10,11)12)68-37-39-70(97(68)51-74(100)107-93(28,29)30)79(56-48-63(90(19,20)21)83(105)64(49-56)91(22,23)24)72-41-40-71(98(72)52-75(101)108-94(31,32)33)78(69-38-36-67(76)96(69)50-73(99)106-92(25,26)27)55-46-61(88(13,14)15)82(104)62(47-55)89(16,17)18/h34-49,95H,50-52H2,1-33H3. The fourth-order valence-electron chi connectivity index (χ4n) is 14.7. The maximum atomic E-state index is 15.7. The largest absolute Gasteiger partial charge is 0.459 e. The molecule has 4 aromatic rings. The fraction of sp³-hybridized carbons (Fsp3) is 0.500. The molecular weight excluding hydrogens is 1350 g/mol. The first-order valence-corrected chi connectivity index (χ1v) is 38.3. The molecule has 578 valence electrons. The van der Waals surface area contributed by atoms with Crippen LogP contribution in [0, 0.1) is 43.3 Å². The van der Waals surface area contributed by atoms with Gasteiger partial charge in [0.1, 0.15) is 36.4 Å². The van der Waals surface area contributed by atoms with E-state index in [2.05, 4.69) is 4.98 Å². The monoisotopic (exact) mass is 1470 g/mol. The third kappa shape index (κ3) is 17.5. The van der Waals surface area contributed by atoms with Gasteiger partial charge >= 0.3 is 17.9 Å². The Kier molecular flexibility index (Phi) is 21.5. The van der Waals surface area contributed by atoms with Gasteiger partial charge < -0.3 is 32.9 Å². The van der Waals surface area contributed by atoms with Crippen LogP contribution in [-0.2, 0) is 67.4 Å². The van der Waals surface area contributed by atoms with Crippen molar-refractivity contribution < 1.29 is 47.8 Å². The quantitative estimate of drug-likeness (QED) is 0.127. The molecule has 0 fully saturated rings. The van der Waals surface area contributed by atoms with Gasteiger partial charge in [0.05, 0.1) is 34.2 Å². The number of esters is 3. The third-order valence-corrected chi connectivity index (χ3v) is 19.8. The van der Waals surface area contributed by atoms with Crippen molar-refractivity contribution in [3.8, 4) is 0 Å². The zero-order chi connectivity index (χ0) is 81.4. The predicted molar refractivity (Wildman–Crippen MR) is 436 cm³/mol. The molecule has 0 saturated carbocycles. The molecule has 8 bridgehead atoms. The smallest absolute Gasteiger partial charge is 0.326 e. The molecule has 0 saturated heterocycles. The molecule has 1 N–H and O–H groups in total. The van der Waals surface area contributed by atoms with Gasteiger partial charge in [0.15, 0.2) is 23.1 Å². The van der Waals surface area contributed by atoms with E-state index in [1.165, 1.54) is 0 Å². The Morgan fingerprint density at radius 1 is 0.259 bits per heavy atom. The van der Waals surface area contributed by atoms with Gasteiger partial charge in [-0.25, -0.2) is 0 Å². The summed E-state index contributed by atoms with van der Waals surface area (Å²) in [5, 5.41) is 0. The second-order valence-corrected chi connectivity index (χ2v) is 41.2. The van der Waals surface area contributed by atoms with Gasteiger partial charge in [0.2, 0.25) is 0 Å². The highest BCUT2D eigenvalue weighted by molar-refractivity contribution is 6.16. The van der Waals surface area contributed by atoms with E-state index in [4.69, 9.17) is 14.2 Å². The number of hydrogen-bond donors (Lipinski definition) is 1. The summed E-state index contributed by atoms with van der Waals surface area (Å²) in [6.45, 7) is 64.0. The second-order valence-electron chi connectivity index (χ2n) is 41.2. The molecule has 5 heterocycles. The van der Waals surface area contributed by atoms with Crippen molar-refractivity contribution in [3.05, 3.63) is 210 Å². The van der Waals surface area contributed by atoms with E-state index in [0.29, 0.717) is 135 Å². The molecule has 0 radical (unpaired) electrons. The lowest BCUT2D eigenvalue weighted by Crippen LogP contribution is -2.30. The molecule has 14 nitrogen and oxygen atoms in total. The first-order chi connectivity index (χ1) is 48.9. The number of rotatable bonds is 6. The van der Waals surface area contributed by atoms with E-state index in [0.717, 1.165) is 0 Å². The number of nitrogens with one attached hydrogen (secondary N) is 1. The van der Waals surface area contributed by atoms with Crippen molar-refractivity contribution in [2.45, 2.75) is 265 Å². The van der Waals surface area contributed by atoms with Crippen LogP contribution >= 0.6 is 0 Å². The molecule has 5 aliphatic rings. The van der Waals surface area contributed by atoms with E-state index in [9.17, 15) is 0 Å². The fourth-order valence-corrected chi connectivity index (χ4v) is 14.7. The first kappa shape index (κ1) is 83.1. The van der Waals surface area contributed by atoms with Crippen molar-refractivity contribution in [2.75, 3.05) is 0 Å². The van der Waals surface area contributed by atoms with Crippen molar-refractivity contribution in [2.24, 2.45) is 43.3 Å². The van der Waals surface area contributed by atoms with Crippen LogP contribution in [0.1, 0.15) is 274 Å². The van der Waals surface area contributed by atoms with Gasteiger partial charge in [-0.2, -0.15) is 0 Å². The number of aromatic nitrogens is 4. The molecule has 0 spiro atoms. The van der Waals surface area contributed by atoms with Crippen LogP contribution in [-0.4, -0.2) is 76.5 Å². The van der Waals surface area contributed by atoms with Gasteiger partial charge in [0, 0.05) is 78.3 Å². The molecule has 4 aliphatic carbocycles. The number of carbonyl (C=O) groups excluding carboxylic acids is 7. The maximum Gasteiger partial charge on any atom is 0.326 e. The second kappa shape index (κ2) is 27.9. The Balaban J connectivity index is 1.72. The summed E-state index contributed by atoms with van der Waals surface area (Å²) in [5.41, 5.74) is 5.03. The Morgan fingerprint density at radius 3 is 0.574 bits per heavy atom. The van der Waals surface area contributed by atoms with Crippen LogP contribution in [0.15, 0.2) is 164 Å². The number of Topliss-reactive ketones (excluding diaryl/α,β-unsaturated/α-hetero) is 4. The summed E-state index contributed by atoms with van der Waals surface area (Å²) < 4.78 is 25.1. The highest BCUT2D eigenvalue weighted by Gasteiger charge is 2.43. The maximum absolute atomic E-state index is 15.7. The number of hydrogen-bond acceptors (Lipinski definition) is 10. The summed E-state index contributed by atoms with van der Waals surface area (Å²) in [6, 6.07) is 15.9. The molecule has 9 rings (SSSR count). The van der Waals surface area contributed by atoms with Crippen molar-refractivity contribution >= 4 is 63.3 Å². The molecule has 108 heavy (non-hydrogen) atoms. The summed E-state index contributed by atoms with van der Waals surface area (Å²) in [6.07, 6.45) is 15.7. The summed E-state index contributed by atoms with van der Waals surface area (Å²) in [4.78, 5) is 112. The number of H-pyrrole nitrogens is 1. The summed E-state index contributed by atoms with van der Waals surface area (Å²) in [7, 11) is 0. The van der Waals surface area contributed by atoms with E-state index in [-0.39, 0.29) is 36.2 Å². The van der Waals surface area contributed by atoms with Crippen molar-refractivity contribution in [1.29, 1.82) is 0 Å². The number of carbonyl (C=O) groups is 7. The number of allylic oxidation sites excluding steroid dienone is 20. The first-order valence-electron chi connectivity index (χ1n) is 38.3. The topological polar surface area (TPSA) is 178 Å². The number of aromatic amines is 1. The highest BCUT2D eigenvalue weighted by Crippen LogP contribution is 2.51. The minimum absolute atomic E-state index is 0.0828. The zero-order valence-electron chi connectivity index (χ0n) is 71.3.